The molecule has 5 heteroatoms. The molecule has 1 aliphatic rings. The number of nitrogens with zero attached hydrogens (tertiary/aromatic N) is 2. The van der Waals surface area contributed by atoms with Crippen LogP contribution in [-0.4, -0.2) is 23.6 Å². The van der Waals surface area contributed by atoms with Gasteiger partial charge in [-0.3, -0.25) is 4.79 Å². The minimum atomic E-state index is -0.150. The fourth-order valence-corrected chi connectivity index (χ4v) is 2.74. The zero-order valence-corrected chi connectivity index (χ0v) is 12.2. The second-order valence-electron chi connectivity index (χ2n) is 5.46. The lowest BCUT2D eigenvalue weighted by atomic mass is 10.2. The van der Waals surface area contributed by atoms with Gasteiger partial charge in [0.1, 0.15) is 5.69 Å². The first kappa shape index (κ1) is 13.5. The van der Waals surface area contributed by atoms with E-state index in [1.54, 1.807) is 16.8 Å². The number of nitrogens with one attached hydrogen (secondary N) is 1. The van der Waals surface area contributed by atoms with Gasteiger partial charge in [-0.1, -0.05) is 0 Å². The van der Waals surface area contributed by atoms with Crippen molar-refractivity contribution < 1.29 is 4.79 Å². The van der Waals surface area contributed by atoms with Crippen LogP contribution in [-0.2, 0) is 7.05 Å². The van der Waals surface area contributed by atoms with Gasteiger partial charge in [-0.05, 0) is 43.2 Å². The Hall–Kier alpha value is -2.43. The molecule has 1 aromatic carbocycles. The topological polar surface area (TPSA) is 63.3 Å². The van der Waals surface area contributed by atoms with E-state index in [1.165, 1.54) is 18.5 Å². The van der Waals surface area contributed by atoms with Crippen LogP contribution in [0.1, 0.15) is 23.3 Å². The SMILES string of the molecule is Cn1cc(N)cc1C(=O)Nc1ccc(N2CCCC2)cc1. The maximum absolute atomic E-state index is 12.2. The van der Waals surface area contributed by atoms with Gasteiger partial charge in [-0.2, -0.15) is 0 Å². The molecule has 1 amide bonds. The number of anilines is 3. The molecule has 2 heterocycles. The Morgan fingerprint density at radius 2 is 1.86 bits per heavy atom. The van der Waals surface area contributed by atoms with Crippen LogP contribution in [0.25, 0.3) is 0 Å². The summed E-state index contributed by atoms with van der Waals surface area (Å²) < 4.78 is 1.73. The van der Waals surface area contributed by atoms with Crippen LogP contribution in [0.2, 0.25) is 0 Å². The zero-order valence-electron chi connectivity index (χ0n) is 12.2. The summed E-state index contributed by atoms with van der Waals surface area (Å²) in [6.07, 6.45) is 4.24. The monoisotopic (exact) mass is 284 g/mol. The van der Waals surface area contributed by atoms with Gasteiger partial charge in [-0.15, -0.1) is 0 Å². The number of nitrogens with two attached hydrogens (primary N) is 1. The number of nitrogen functional groups attached to an aromatic ring is 1. The van der Waals surface area contributed by atoms with Crippen LogP contribution in [0, 0.1) is 0 Å². The van der Waals surface area contributed by atoms with Gasteiger partial charge >= 0.3 is 0 Å². The van der Waals surface area contributed by atoms with Crippen molar-refractivity contribution in [3.63, 3.8) is 0 Å². The highest BCUT2D eigenvalue weighted by molar-refractivity contribution is 6.03. The van der Waals surface area contributed by atoms with Gasteiger partial charge in [0.2, 0.25) is 0 Å². The van der Waals surface area contributed by atoms with Gasteiger partial charge in [0, 0.05) is 37.7 Å². The molecule has 21 heavy (non-hydrogen) atoms. The van der Waals surface area contributed by atoms with Crippen LogP contribution < -0.4 is 16.0 Å². The van der Waals surface area contributed by atoms with Crippen molar-refractivity contribution in [2.45, 2.75) is 12.8 Å². The van der Waals surface area contributed by atoms with Gasteiger partial charge < -0.3 is 20.5 Å². The molecule has 2 aromatic rings. The summed E-state index contributed by atoms with van der Waals surface area (Å²) in [6.45, 7) is 2.24. The molecule has 0 saturated carbocycles. The van der Waals surface area contributed by atoms with Crippen molar-refractivity contribution in [1.82, 2.24) is 4.57 Å². The predicted octanol–water partition coefficient (Wildman–Crippen LogP) is 2.46. The third-order valence-electron chi connectivity index (χ3n) is 3.86. The molecule has 110 valence electrons. The normalized spacial score (nSPS) is 14.4. The third kappa shape index (κ3) is 2.86. The standard InChI is InChI=1S/C16H20N4O/c1-19-11-12(17)10-15(19)16(21)18-13-4-6-14(7-5-13)20-8-2-3-9-20/h4-7,10-11H,2-3,8-9,17H2,1H3,(H,18,21). The lowest BCUT2D eigenvalue weighted by Crippen LogP contribution is -2.18. The zero-order chi connectivity index (χ0) is 14.8. The Bertz CT molecular complexity index is 639. The number of benzene rings is 1. The Balaban J connectivity index is 1.70. The Morgan fingerprint density at radius 1 is 1.19 bits per heavy atom. The summed E-state index contributed by atoms with van der Waals surface area (Å²) in [5, 5.41) is 2.90. The molecule has 1 fully saturated rings. The fraction of sp³-hybridized carbons (Fsp3) is 0.312. The van der Waals surface area contributed by atoms with Crippen molar-refractivity contribution in [1.29, 1.82) is 0 Å². The van der Waals surface area contributed by atoms with E-state index in [1.807, 2.05) is 19.2 Å². The van der Waals surface area contributed by atoms with Crippen molar-refractivity contribution in [2.75, 3.05) is 29.0 Å². The molecule has 5 nitrogen and oxygen atoms in total. The van der Waals surface area contributed by atoms with Crippen molar-refractivity contribution in [3.05, 3.63) is 42.2 Å². The summed E-state index contributed by atoms with van der Waals surface area (Å²) in [7, 11) is 1.81. The first-order valence-electron chi connectivity index (χ1n) is 7.22. The molecular weight excluding hydrogens is 264 g/mol. The van der Waals surface area contributed by atoms with Gasteiger partial charge in [-0.25, -0.2) is 0 Å². The number of hydrogen-bond acceptors (Lipinski definition) is 3. The quantitative estimate of drug-likeness (QED) is 0.910. The Kier molecular flexibility index (Phi) is 3.56. The summed E-state index contributed by atoms with van der Waals surface area (Å²) in [5.41, 5.74) is 8.85. The lowest BCUT2D eigenvalue weighted by molar-refractivity contribution is 0.101. The number of carbonyl (C=O) groups is 1. The average Bonchev–Trinajstić information content (AvgIpc) is 3.09. The highest BCUT2D eigenvalue weighted by Crippen LogP contribution is 2.22. The van der Waals surface area contributed by atoms with E-state index < -0.39 is 0 Å². The maximum atomic E-state index is 12.2. The van der Waals surface area contributed by atoms with Gasteiger partial charge in [0.05, 0.1) is 5.69 Å². The Labute approximate surface area is 124 Å². The molecule has 1 aliphatic heterocycles. The third-order valence-corrected chi connectivity index (χ3v) is 3.86. The molecule has 1 aromatic heterocycles. The van der Waals surface area contributed by atoms with E-state index in [2.05, 4.69) is 22.3 Å². The van der Waals surface area contributed by atoms with Crippen LogP contribution >= 0.6 is 0 Å². The molecule has 1 saturated heterocycles. The number of amides is 1. The van der Waals surface area contributed by atoms with E-state index in [-0.39, 0.29) is 5.91 Å². The second kappa shape index (κ2) is 5.52. The van der Waals surface area contributed by atoms with Crippen LogP contribution in [0.15, 0.2) is 36.5 Å². The minimum Gasteiger partial charge on any atom is -0.397 e. The first-order chi connectivity index (χ1) is 10.1. The van der Waals surface area contributed by atoms with E-state index in [0.717, 1.165) is 18.8 Å². The van der Waals surface area contributed by atoms with E-state index in [9.17, 15) is 4.79 Å². The number of rotatable bonds is 3. The largest absolute Gasteiger partial charge is 0.397 e. The number of aromatic nitrogens is 1. The smallest absolute Gasteiger partial charge is 0.272 e. The predicted molar refractivity (Wildman–Crippen MR) is 85.7 cm³/mol. The molecule has 0 aliphatic carbocycles. The molecule has 0 radical (unpaired) electrons. The van der Waals surface area contributed by atoms with Gasteiger partial charge in [0.25, 0.3) is 5.91 Å². The van der Waals surface area contributed by atoms with Crippen molar-refractivity contribution in [2.24, 2.45) is 7.05 Å². The highest BCUT2D eigenvalue weighted by atomic mass is 16.1. The van der Waals surface area contributed by atoms with E-state index in [4.69, 9.17) is 5.73 Å². The minimum absolute atomic E-state index is 0.150. The van der Waals surface area contributed by atoms with Crippen LogP contribution in [0.4, 0.5) is 17.1 Å². The summed E-state index contributed by atoms with van der Waals surface area (Å²) in [4.78, 5) is 14.6. The van der Waals surface area contributed by atoms with Crippen LogP contribution in [0.5, 0.6) is 0 Å². The highest BCUT2D eigenvalue weighted by Gasteiger charge is 2.13. The molecule has 0 spiro atoms. The van der Waals surface area contributed by atoms with Gasteiger partial charge in [0.15, 0.2) is 0 Å². The van der Waals surface area contributed by atoms with E-state index >= 15 is 0 Å². The molecule has 0 atom stereocenters. The molecule has 3 rings (SSSR count). The Morgan fingerprint density at radius 3 is 2.43 bits per heavy atom. The van der Waals surface area contributed by atoms with Crippen molar-refractivity contribution in [3.8, 4) is 0 Å². The van der Waals surface area contributed by atoms with Crippen molar-refractivity contribution >= 4 is 23.0 Å². The number of aryl methyl sites for hydroxylation is 1. The van der Waals surface area contributed by atoms with E-state index in [0.29, 0.717) is 11.4 Å². The number of hydrogen-bond donors (Lipinski definition) is 2. The lowest BCUT2D eigenvalue weighted by Gasteiger charge is -2.17. The molecule has 0 unspecified atom stereocenters. The average molecular weight is 284 g/mol. The molecular formula is C16H20N4O. The molecule has 0 bridgehead atoms. The summed E-state index contributed by atoms with van der Waals surface area (Å²) in [5.74, 6) is -0.150. The first-order valence-corrected chi connectivity index (χ1v) is 7.22. The maximum Gasteiger partial charge on any atom is 0.272 e. The van der Waals surface area contributed by atoms with Crippen LogP contribution in [0.3, 0.4) is 0 Å². The summed E-state index contributed by atoms with van der Waals surface area (Å²) >= 11 is 0. The number of carbonyl (C=O) groups excluding carboxylic acids is 1. The molecule has 3 N–H and O–H groups in total. The second-order valence-corrected chi connectivity index (χ2v) is 5.46. The fourth-order valence-electron chi connectivity index (χ4n) is 2.74. The summed E-state index contributed by atoms with van der Waals surface area (Å²) in [6, 6.07) is 9.67.